The number of carbonyl (C=O) groups is 1. The van der Waals surface area contributed by atoms with E-state index in [0.717, 1.165) is 5.56 Å². The summed E-state index contributed by atoms with van der Waals surface area (Å²) in [6, 6.07) is 9.11. The quantitative estimate of drug-likeness (QED) is 0.868. The number of hydrogen-bond acceptors (Lipinski definition) is 2. The molecule has 0 heterocycles. The maximum atomic E-state index is 12.2. The van der Waals surface area contributed by atoms with Crippen LogP contribution >= 0.6 is 0 Å². The molecule has 0 spiro atoms. The summed E-state index contributed by atoms with van der Waals surface area (Å²) in [5, 5.41) is 0. The van der Waals surface area contributed by atoms with Crippen molar-refractivity contribution in [3.05, 3.63) is 35.9 Å². The molecule has 94 valence electrons. The Bertz CT molecular complexity index is 362. The van der Waals surface area contributed by atoms with Gasteiger partial charge in [-0.15, -0.1) is 0 Å². The summed E-state index contributed by atoms with van der Waals surface area (Å²) in [6.07, 6.45) is 0. The van der Waals surface area contributed by atoms with E-state index in [0.29, 0.717) is 5.92 Å². The first kappa shape index (κ1) is 13.7. The Kier molecular flexibility index (Phi) is 4.70. The molecule has 1 rings (SSSR count). The van der Waals surface area contributed by atoms with E-state index in [1.165, 1.54) is 0 Å². The Hall–Kier alpha value is -1.35. The van der Waals surface area contributed by atoms with Crippen molar-refractivity contribution in [1.82, 2.24) is 4.90 Å². The van der Waals surface area contributed by atoms with Crippen LogP contribution < -0.4 is 5.73 Å². The Labute approximate surface area is 104 Å². The van der Waals surface area contributed by atoms with Crippen molar-refractivity contribution < 1.29 is 4.79 Å². The van der Waals surface area contributed by atoms with E-state index in [1.807, 2.05) is 44.3 Å². The molecule has 0 aromatic heterocycles. The monoisotopic (exact) mass is 234 g/mol. The van der Waals surface area contributed by atoms with Crippen LogP contribution in [0.3, 0.4) is 0 Å². The predicted molar refractivity (Wildman–Crippen MR) is 70.4 cm³/mol. The van der Waals surface area contributed by atoms with E-state index in [1.54, 1.807) is 4.90 Å². The topological polar surface area (TPSA) is 46.3 Å². The molecule has 1 unspecified atom stereocenters. The minimum absolute atomic E-state index is 0.0302. The number of hydrogen-bond donors (Lipinski definition) is 1. The number of likely N-dealkylation sites (N-methyl/N-ethyl adjacent to an activating group) is 1. The average Bonchev–Trinajstić information content (AvgIpc) is 2.36. The van der Waals surface area contributed by atoms with Crippen LogP contribution in [0.25, 0.3) is 0 Å². The molecule has 2 atom stereocenters. The smallest absolute Gasteiger partial charge is 0.244 e. The molecule has 1 aromatic carbocycles. The van der Waals surface area contributed by atoms with E-state index < -0.39 is 6.04 Å². The molecule has 3 nitrogen and oxygen atoms in total. The minimum atomic E-state index is -0.567. The third-order valence-corrected chi connectivity index (χ3v) is 3.35. The van der Waals surface area contributed by atoms with Crippen molar-refractivity contribution >= 4 is 5.91 Å². The highest BCUT2D eigenvalue weighted by molar-refractivity contribution is 5.83. The number of carbonyl (C=O) groups excluding carboxylic acids is 1. The summed E-state index contributed by atoms with van der Waals surface area (Å²) in [7, 11) is 1.82. The summed E-state index contributed by atoms with van der Waals surface area (Å²) >= 11 is 0. The first-order valence-electron chi connectivity index (χ1n) is 6.02. The maximum Gasteiger partial charge on any atom is 0.244 e. The molecule has 3 heteroatoms. The number of nitrogens with two attached hydrogens (primary N) is 1. The number of amides is 1. The molecular weight excluding hydrogens is 212 g/mol. The van der Waals surface area contributed by atoms with Crippen LogP contribution in [0.1, 0.15) is 32.4 Å². The molecule has 0 saturated heterocycles. The fourth-order valence-corrected chi connectivity index (χ4v) is 1.67. The van der Waals surface area contributed by atoms with Crippen molar-refractivity contribution in [2.45, 2.75) is 32.9 Å². The van der Waals surface area contributed by atoms with Gasteiger partial charge in [0.2, 0.25) is 5.91 Å². The summed E-state index contributed by atoms with van der Waals surface area (Å²) in [5.74, 6) is 0.393. The second-order valence-electron chi connectivity index (χ2n) is 4.82. The fourth-order valence-electron chi connectivity index (χ4n) is 1.67. The first-order chi connectivity index (χ1) is 7.95. The molecule has 0 aliphatic heterocycles. The molecule has 0 fully saturated rings. The van der Waals surface area contributed by atoms with Gasteiger partial charge in [-0.25, -0.2) is 0 Å². The van der Waals surface area contributed by atoms with Crippen LogP contribution in [0.15, 0.2) is 30.3 Å². The summed E-state index contributed by atoms with van der Waals surface area (Å²) in [5.41, 5.74) is 6.85. The van der Waals surface area contributed by atoms with E-state index in [9.17, 15) is 4.79 Å². The fraction of sp³-hybridized carbons (Fsp3) is 0.500. The highest BCUT2D eigenvalue weighted by atomic mass is 16.2. The zero-order valence-electron chi connectivity index (χ0n) is 11.1. The third kappa shape index (κ3) is 3.30. The number of benzene rings is 1. The molecule has 0 saturated carbocycles. The van der Waals surface area contributed by atoms with Crippen LogP contribution in [0.5, 0.6) is 0 Å². The van der Waals surface area contributed by atoms with E-state index in [-0.39, 0.29) is 11.9 Å². The largest absolute Gasteiger partial charge is 0.341 e. The van der Waals surface area contributed by atoms with Gasteiger partial charge in [-0.1, -0.05) is 44.2 Å². The Morgan fingerprint density at radius 3 is 2.18 bits per heavy atom. The average molecular weight is 234 g/mol. The van der Waals surface area contributed by atoms with Crippen LogP contribution in [0.4, 0.5) is 0 Å². The van der Waals surface area contributed by atoms with Gasteiger partial charge in [0.05, 0.1) is 0 Å². The number of rotatable bonds is 4. The highest BCUT2D eigenvalue weighted by Gasteiger charge is 2.24. The Morgan fingerprint density at radius 1 is 1.18 bits per heavy atom. The molecule has 1 aromatic rings. The second-order valence-corrected chi connectivity index (χ2v) is 4.82. The van der Waals surface area contributed by atoms with Gasteiger partial charge in [0.1, 0.15) is 6.04 Å². The van der Waals surface area contributed by atoms with Crippen molar-refractivity contribution in [2.24, 2.45) is 11.7 Å². The van der Waals surface area contributed by atoms with Gasteiger partial charge >= 0.3 is 0 Å². The lowest BCUT2D eigenvalue weighted by Crippen LogP contribution is -2.43. The van der Waals surface area contributed by atoms with Crippen LogP contribution in [-0.2, 0) is 4.79 Å². The standard InChI is InChI=1S/C14H22N2O/c1-10(2)11(3)16(4)14(17)13(15)12-8-6-5-7-9-12/h5-11,13H,15H2,1-4H3/t11?,13-/m1/s1. The summed E-state index contributed by atoms with van der Waals surface area (Å²) in [4.78, 5) is 13.9. The molecule has 0 aliphatic carbocycles. The van der Waals surface area contributed by atoms with Gasteiger partial charge in [-0.2, -0.15) is 0 Å². The Balaban J connectivity index is 2.77. The summed E-state index contributed by atoms with van der Waals surface area (Å²) in [6.45, 7) is 6.24. The van der Waals surface area contributed by atoms with E-state index in [2.05, 4.69) is 13.8 Å². The van der Waals surface area contributed by atoms with Gasteiger partial charge in [0.25, 0.3) is 0 Å². The lowest BCUT2D eigenvalue weighted by molar-refractivity contribution is -0.134. The van der Waals surface area contributed by atoms with Gasteiger partial charge in [-0.3, -0.25) is 4.79 Å². The third-order valence-electron chi connectivity index (χ3n) is 3.35. The van der Waals surface area contributed by atoms with Crippen molar-refractivity contribution in [3.8, 4) is 0 Å². The molecule has 2 N–H and O–H groups in total. The van der Waals surface area contributed by atoms with E-state index >= 15 is 0 Å². The van der Waals surface area contributed by atoms with E-state index in [4.69, 9.17) is 5.73 Å². The predicted octanol–water partition coefficient (Wildman–Crippen LogP) is 2.19. The van der Waals surface area contributed by atoms with Gasteiger partial charge in [-0.05, 0) is 18.4 Å². The molecular formula is C14H22N2O. The second kappa shape index (κ2) is 5.82. The lowest BCUT2D eigenvalue weighted by atomic mass is 10.0. The number of nitrogens with zero attached hydrogens (tertiary/aromatic N) is 1. The van der Waals surface area contributed by atoms with Crippen molar-refractivity contribution in [1.29, 1.82) is 0 Å². The molecule has 0 aliphatic rings. The normalized spacial score (nSPS) is 14.5. The molecule has 0 bridgehead atoms. The van der Waals surface area contributed by atoms with Crippen molar-refractivity contribution in [3.63, 3.8) is 0 Å². The van der Waals surface area contributed by atoms with Gasteiger partial charge in [0, 0.05) is 13.1 Å². The molecule has 0 radical (unpaired) electrons. The first-order valence-corrected chi connectivity index (χ1v) is 6.02. The molecule has 1 amide bonds. The van der Waals surface area contributed by atoms with Crippen LogP contribution in [0, 0.1) is 5.92 Å². The molecule has 17 heavy (non-hydrogen) atoms. The summed E-state index contributed by atoms with van der Waals surface area (Å²) < 4.78 is 0. The zero-order chi connectivity index (χ0) is 13.0. The zero-order valence-corrected chi connectivity index (χ0v) is 11.1. The minimum Gasteiger partial charge on any atom is -0.341 e. The lowest BCUT2D eigenvalue weighted by Gasteiger charge is -2.30. The van der Waals surface area contributed by atoms with Crippen LogP contribution in [0.2, 0.25) is 0 Å². The van der Waals surface area contributed by atoms with Gasteiger partial charge < -0.3 is 10.6 Å². The highest BCUT2D eigenvalue weighted by Crippen LogP contribution is 2.16. The van der Waals surface area contributed by atoms with Gasteiger partial charge in [0.15, 0.2) is 0 Å². The van der Waals surface area contributed by atoms with Crippen LogP contribution in [-0.4, -0.2) is 23.9 Å². The SMILES string of the molecule is CC(C)C(C)N(C)C(=O)[C@H](N)c1ccccc1. The van der Waals surface area contributed by atoms with Crippen molar-refractivity contribution in [2.75, 3.05) is 7.05 Å². The Morgan fingerprint density at radius 2 is 1.71 bits per heavy atom. The maximum absolute atomic E-state index is 12.2.